The molecule has 0 bridgehead atoms. The van der Waals surface area contributed by atoms with Gasteiger partial charge in [-0.2, -0.15) is 0 Å². The number of aryl methyl sites for hydroxylation is 1. The lowest BCUT2D eigenvalue weighted by molar-refractivity contribution is -0.124. The van der Waals surface area contributed by atoms with Crippen LogP contribution in [0.25, 0.3) is 11.1 Å². The number of rotatable bonds is 10. The Morgan fingerprint density at radius 2 is 1.44 bits per heavy atom. The van der Waals surface area contributed by atoms with E-state index in [1.54, 1.807) is 12.1 Å². The van der Waals surface area contributed by atoms with Gasteiger partial charge in [0.15, 0.2) is 0 Å². The van der Waals surface area contributed by atoms with Crippen LogP contribution in [0.15, 0.2) is 78.9 Å². The van der Waals surface area contributed by atoms with Crippen LogP contribution in [-0.2, 0) is 9.59 Å². The van der Waals surface area contributed by atoms with Crippen LogP contribution in [0, 0.1) is 6.92 Å². The maximum Gasteiger partial charge on any atom is 0.254 e. The van der Waals surface area contributed by atoms with Crippen LogP contribution in [0.5, 0.6) is 0 Å². The largest absolute Gasteiger partial charge is 0.345 e. The van der Waals surface area contributed by atoms with Gasteiger partial charge in [0.05, 0.1) is 13.1 Å². The molecule has 0 unspecified atom stereocenters. The molecular weight excluding hydrogens is 426 g/mol. The number of nitrogens with zero attached hydrogens (tertiary/aromatic N) is 1. The molecule has 0 aliphatic heterocycles. The lowest BCUT2D eigenvalue weighted by Gasteiger charge is -2.22. The molecule has 3 aromatic carbocycles. The molecule has 0 saturated carbocycles. The van der Waals surface area contributed by atoms with Crippen molar-refractivity contribution >= 4 is 23.4 Å². The molecule has 34 heavy (non-hydrogen) atoms. The van der Waals surface area contributed by atoms with Crippen LogP contribution >= 0.6 is 0 Å². The highest BCUT2D eigenvalue weighted by molar-refractivity contribution is 5.98. The van der Waals surface area contributed by atoms with Crippen LogP contribution in [0.3, 0.4) is 0 Å². The van der Waals surface area contributed by atoms with E-state index in [1.807, 2.05) is 80.6 Å². The quantitative estimate of drug-likeness (QED) is 0.465. The minimum Gasteiger partial charge on any atom is -0.345 e. The summed E-state index contributed by atoms with van der Waals surface area (Å²) in [7, 11) is 0. The van der Waals surface area contributed by atoms with Gasteiger partial charge in [0.2, 0.25) is 11.8 Å². The van der Waals surface area contributed by atoms with Crippen LogP contribution in [0.1, 0.15) is 35.7 Å². The molecule has 0 heterocycles. The van der Waals surface area contributed by atoms with Gasteiger partial charge in [-0.3, -0.25) is 14.4 Å². The first-order valence-electron chi connectivity index (χ1n) is 11.5. The average Bonchev–Trinajstić information content (AvgIpc) is 2.87. The molecule has 3 amide bonds. The standard InChI is InChI=1S/C28H31N3O3/c1-3-4-18-31(20-27(33)29-19-26(32)30-25-16-10-21(2)11-17-25)28(34)24-14-12-23(13-15-24)22-8-6-5-7-9-22/h5-17H,3-4,18-20H2,1-2H3,(H,29,33)(H,30,32). The van der Waals surface area contributed by atoms with E-state index in [0.717, 1.165) is 29.5 Å². The number of hydrogen-bond donors (Lipinski definition) is 2. The molecule has 0 atom stereocenters. The van der Waals surface area contributed by atoms with Gasteiger partial charge in [0.1, 0.15) is 0 Å². The molecule has 2 N–H and O–H groups in total. The summed E-state index contributed by atoms with van der Waals surface area (Å²) in [6, 6.07) is 24.8. The zero-order chi connectivity index (χ0) is 24.3. The van der Waals surface area contributed by atoms with Crippen LogP contribution in [-0.4, -0.2) is 42.3 Å². The summed E-state index contributed by atoms with van der Waals surface area (Å²) < 4.78 is 0. The van der Waals surface area contributed by atoms with Gasteiger partial charge < -0.3 is 15.5 Å². The summed E-state index contributed by atoms with van der Waals surface area (Å²) >= 11 is 0. The Bertz CT molecular complexity index is 1090. The molecule has 0 aliphatic rings. The topological polar surface area (TPSA) is 78.5 Å². The summed E-state index contributed by atoms with van der Waals surface area (Å²) in [5, 5.41) is 5.36. The number of benzene rings is 3. The number of amides is 3. The predicted molar refractivity (Wildman–Crippen MR) is 136 cm³/mol. The number of carbonyl (C=O) groups excluding carboxylic acids is 3. The van der Waals surface area contributed by atoms with Gasteiger partial charge in [0.25, 0.3) is 5.91 Å². The van der Waals surface area contributed by atoms with Crippen molar-refractivity contribution < 1.29 is 14.4 Å². The molecule has 0 radical (unpaired) electrons. The van der Waals surface area contributed by atoms with Crippen LogP contribution < -0.4 is 10.6 Å². The molecule has 0 aliphatic carbocycles. The lowest BCUT2D eigenvalue weighted by atomic mass is 10.0. The number of nitrogens with one attached hydrogen (secondary N) is 2. The first-order chi connectivity index (χ1) is 16.5. The molecule has 0 saturated heterocycles. The smallest absolute Gasteiger partial charge is 0.254 e. The van der Waals surface area contributed by atoms with E-state index < -0.39 is 0 Å². The lowest BCUT2D eigenvalue weighted by Crippen LogP contribution is -2.43. The predicted octanol–water partition coefficient (Wildman–Crippen LogP) is 4.66. The van der Waals surface area contributed by atoms with Crippen molar-refractivity contribution in [1.82, 2.24) is 10.2 Å². The fraction of sp³-hybridized carbons (Fsp3) is 0.250. The SMILES string of the molecule is CCCCN(CC(=O)NCC(=O)Nc1ccc(C)cc1)C(=O)c1ccc(-c2ccccc2)cc1. The Hall–Kier alpha value is -3.93. The molecule has 6 nitrogen and oxygen atoms in total. The van der Waals surface area contributed by atoms with Crippen molar-refractivity contribution in [2.75, 3.05) is 25.0 Å². The van der Waals surface area contributed by atoms with Gasteiger partial charge in [0, 0.05) is 17.8 Å². The zero-order valence-corrected chi connectivity index (χ0v) is 19.7. The molecular formula is C28H31N3O3. The van der Waals surface area contributed by atoms with Crippen molar-refractivity contribution in [3.8, 4) is 11.1 Å². The minimum atomic E-state index is -0.371. The first-order valence-corrected chi connectivity index (χ1v) is 11.5. The normalized spacial score (nSPS) is 10.4. The van der Waals surface area contributed by atoms with Gasteiger partial charge in [-0.15, -0.1) is 0 Å². The summed E-state index contributed by atoms with van der Waals surface area (Å²) in [6.45, 7) is 4.21. The van der Waals surface area contributed by atoms with E-state index in [4.69, 9.17) is 0 Å². The molecule has 3 aromatic rings. The van der Waals surface area contributed by atoms with Crippen molar-refractivity contribution in [1.29, 1.82) is 0 Å². The highest BCUT2D eigenvalue weighted by Gasteiger charge is 2.19. The Morgan fingerprint density at radius 3 is 2.09 bits per heavy atom. The van der Waals surface area contributed by atoms with Crippen LogP contribution in [0.4, 0.5) is 5.69 Å². The highest BCUT2D eigenvalue weighted by Crippen LogP contribution is 2.20. The van der Waals surface area contributed by atoms with Crippen LogP contribution in [0.2, 0.25) is 0 Å². The summed E-state index contributed by atoms with van der Waals surface area (Å²) in [5.74, 6) is -0.892. The molecule has 6 heteroatoms. The molecule has 3 rings (SSSR count). The molecule has 0 spiro atoms. The third-order valence-electron chi connectivity index (χ3n) is 5.42. The van der Waals surface area contributed by atoms with Crippen molar-refractivity contribution in [2.45, 2.75) is 26.7 Å². The second-order valence-electron chi connectivity index (χ2n) is 8.21. The fourth-order valence-electron chi connectivity index (χ4n) is 3.47. The van der Waals surface area contributed by atoms with E-state index in [1.165, 1.54) is 4.90 Å². The number of anilines is 1. The average molecular weight is 458 g/mol. The second kappa shape index (κ2) is 12.3. The van der Waals surface area contributed by atoms with Crippen molar-refractivity contribution in [2.24, 2.45) is 0 Å². The first kappa shape index (κ1) is 24.7. The summed E-state index contributed by atoms with van der Waals surface area (Å²) in [5.41, 5.74) is 4.39. The van der Waals surface area contributed by atoms with E-state index in [9.17, 15) is 14.4 Å². The molecule has 0 fully saturated rings. The van der Waals surface area contributed by atoms with Crippen molar-refractivity contribution in [3.63, 3.8) is 0 Å². The Kier molecular flexibility index (Phi) is 8.97. The highest BCUT2D eigenvalue weighted by atomic mass is 16.2. The van der Waals surface area contributed by atoms with Gasteiger partial charge in [-0.1, -0.05) is 73.5 Å². The summed E-state index contributed by atoms with van der Waals surface area (Å²) in [6.07, 6.45) is 1.69. The molecule has 0 aromatic heterocycles. The van der Waals surface area contributed by atoms with Gasteiger partial charge in [-0.05, 0) is 48.7 Å². The monoisotopic (exact) mass is 457 g/mol. The second-order valence-corrected chi connectivity index (χ2v) is 8.21. The zero-order valence-electron chi connectivity index (χ0n) is 19.7. The van der Waals surface area contributed by atoms with Crippen molar-refractivity contribution in [3.05, 3.63) is 90.0 Å². The third kappa shape index (κ3) is 7.30. The maximum absolute atomic E-state index is 13.1. The third-order valence-corrected chi connectivity index (χ3v) is 5.42. The van der Waals surface area contributed by atoms with E-state index in [-0.39, 0.29) is 30.8 Å². The fourth-order valence-corrected chi connectivity index (χ4v) is 3.47. The Balaban J connectivity index is 1.57. The maximum atomic E-state index is 13.1. The number of hydrogen-bond acceptors (Lipinski definition) is 3. The number of unbranched alkanes of at least 4 members (excludes halogenated alkanes) is 1. The van der Waals surface area contributed by atoms with E-state index >= 15 is 0 Å². The molecule has 176 valence electrons. The Morgan fingerprint density at radius 1 is 0.794 bits per heavy atom. The number of carbonyl (C=O) groups is 3. The van der Waals surface area contributed by atoms with Gasteiger partial charge in [-0.25, -0.2) is 0 Å². The minimum absolute atomic E-state index is 0.100. The van der Waals surface area contributed by atoms with E-state index in [2.05, 4.69) is 10.6 Å². The Labute approximate surface area is 201 Å². The van der Waals surface area contributed by atoms with E-state index in [0.29, 0.717) is 17.8 Å². The summed E-state index contributed by atoms with van der Waals surface area (Å²) in [4.78, 5) is 39.3. The van der Waals surface area contributed by atoms with Gasteiger partial charge >= 0.3 is 0 Å².